The van der Waals surface area contributed by atoms with E-state index < -0.39 is 5.91 Å². The molecular formula is C10H7Cl2N3O2. The first-order chi connectivity index (χ1) is 8.06. The molecular weight excluding hydrogens is 265 g/mol. The quantitative estimate of drug-likeness (QED) is 0.784. The van der Waals surface area contributed by atoms with E-state index in [2.05, 4.69) is 15.5 Å². The van der Waals surface area contributed by atoms with Gasteiger partial charge in [0.2, 0.25) is 0 Å². The third-order valence-electron chi connectivity index (χ3n) is 2.02. The lowest BCUT2D eigenvalue weighted by Crippen LogP contribution is -2.12. The second-order valence-electron chi connectivity index (χ2n) is 3.26. The Morgan fingerprint density at radius 1 is 1.12 bits per heavy atom. The van der Waals surface area contributed by atoms with Crippen LogP contribution in [0, 0.1) is 0 Å². The van der Waals surface area contributed by atoms with Gasteiger partial charge in [-0.2, -0.15) is 0 Å². The third-order valence-corrected chi connectivity index (χ3v) is 2.76. The van der Waals surface area contributed by atoms with E-state index in [1.807, 2.05) is 0 Å². The normalized spacial score (nSPS) is 10.2. The molecule has 0 aliphatic heterocycles. The van der Waals surface area contributed by atoms with Crippen molar-refractivity contribution >= 4 is 34.8 Å². The minimum absolute atomic E-state index is 0.140. The van der Waals surface area contributed by atoms with Crippen LogP contribution in [0.15, 0.2) is 29.1 Å². The molecule has 7 heteroatoms. The van der Waals surface area contributed by atoms with Gasteiger partial charge in [0.25, 0.3) is 11.5 Å². The first-order valence-corrected chi connectivity index (χ1v) is 5.36. The summed E-state index contributed by atoms with van der Waals surface area (Å²) in [4.78, 5) is 22.5. The molecule has 0 aliphatic carbocycles. The molecule has 0 saturated heterocycles. The molecule has 1 heterocycles. The number of hydrogen-bond acceptors (Lipinski definition) is 2. The van der Waals surface area contributed by atoms with E-state index in [0.29, 0.717) is 15.7 Å². The maximum Gasteiger partial charge on any atom is 0.273 e. The van der Waals surface area contributed by atoms with Gasteiger partial charge >= 0.3 is 0 Å². The van der Waals surface area contributed by atoms with E-state index in [1.165, 1.54) is 6.07 Å². The van der Waals surface area contributed by atoms with E-state index in [4.69, 9.17) is 23.2 Å². The summed E-state index contributed by atoms with van der Waals surface area (Å²) in [6.07, 6.45) is 0. The van der Waals surface area contributed by atoms with E-state index in [9.17, 15) is 9.59 Å². The molecule has 88 valence electrons. The van der Waals surface area contributed by atoms with Crippen molar-refractivity contribution in [3.05, 3.63) is 50.4 Å². The lowest BCUT2D eigenvalue weighted by atomic mass is 10.3. The predicted octanol–water partition coefficient (Wildman–Crippen LogP) is 2.26. The van der Waals surface area contributed by atoms with Crippen molar-refractivity contribution in [2.45, 2.75) is 0 Å². The average molecular weight is 272 g/mol. The second-order valence-corrected chi connectivity index (χ2v) is 4.07. The third kappa shape index (κ3) is 2.69. The van der Waals surface area contributed by atoms with Gasteiger partial charge in [0, 0.05) is 11.8 Å². The largest absolute Gasteiger partial charge is 0.321 e. The van der Waals surface area contributed by atoms with Gasteiger partial charge in [-0.3, -0.25) is 19.8 Å². The Balaban J connectivity index is 2.18. The number of carbonyl (C=O) groups is 1. The lowest BCUT2D eigenvalue weighted by molar-refractivity contribution is 0.102. The molecule has 0 aliphatic rings. The van der Waals surface area contributed by atoms with Crippen LogP contribution in [0.5, 0.6) is 0 Å². The number of carbonyl (C=O) groups excluding carboxylic acids is 1. The minimum atomic E-state index is -0.443. The van der Waals surface area contributed by atoms with Crippen LogP contribution < -0.4 is 10.9 Å². The first kappa shape index (κ1) is 11.8. The highest BCUT2D eigenvalue weighted by Gasteiger charge is 2.09. The van der Waals surface area contributed by atoms with Gasteiger partial charge in [0.05, 0.1) is 10.0 Å². The highest BCUT2D eigenvalue weighted by Crippen LogP contribution is 2.25. The summed E-state index contributed by atoms with van der Waals surface area (Å²) in [5.41, 5.74) is 0.261. The van der Waals surface area contributed by atoms with Gasteiger partial charge in [-0.25, -0.2) is 0 Å². The molecule has 0 saturated carbocycles. The summed E-state index contributed by atoms with van der Waals surface area (Å²) in [6, 6.07) is 5.86. The molecule has 0 atom stereocenters. The monoisotopic (exact) mass is 271 g/mol. The molecule has 1 amide bonds. The number of hydrogen-bond donors (Lipinski definition) is 3. The van der Waals surface area contributed by atoms with Crippen LogP contribution >= 0.6 is 23.2 Å². The average Bonchev–Trinajstić information content (AvgIpc) is 2.70. The Hall–Kier alpha value is -1.72. The summed E-state index contributed by atoms with van der Waals surface area (Å²) < 4.78 is 0. The Labute approximate surface area is 106 Å². The minimum Gasteiger partial charge on any atom is -0.321 e. The van der Waals surface area contributed by atoms with Gasteiger partial charge in [-0.05, 0) is 18.2 Å². The highest BCUT2D eigenvalue weighted by molar-refractivity contribution is 6.42. The lowest BCUT2D eigenvalue weighted by Gasteiger charge is -2.04. The molecule has 2 aromatic rings. The molecule has 3 N–H and O–H groups in total. The number of H-pyrrole nitrogens is 2. The molecule has 0 spiro atoms. The van der Waals surface area contributed by atoms with Gasteiger partial charge in [0.1, 0.15) is 5.69 Å². The fraction of sp³-hybridized carbons (Fsp3) is 0. The van der Waals surface area contributed by atoms with E-state index in [-0.39, 0.29) is 11.3 Å². The smallest absolute Gasteiger partial charge is 0.273 e. The van der Waals surface area contributed by atoms with Crippen LogP contribution in [-0.2, 0) is 0 Å². The zero-order chi connectivity index (χ0) is 12.4. The number of aromatic nitrogens is 2. The van der Waals surface area contributed by atoms with Crippen molar-refractivity contribution < 1.29 is 4.79 Å². The van der Waals surface area contributed by atoms with Crippen molar-refractivity contribution in [3.8, 4) is 0 Å². The number of halogens is 2. The van der Waals surface area contributed by atoms with Gasteiger partial charge in [-0.1, -0.05) is 23.2 Å². The van der Waals surface area contributed by atoms with Crippen LogP contribution in [0.25, 0.3) is 0 Å². The molecule has 1 aromatic carbocycles. The SMILES string of the molecule is O=C(Nc1ccc(Cl)c(Cl)c1)c1cc(=O)[nH][nH]1. The van der Waals surface area contributed by atoms with E-state index in [0.717, 1.165) is 6.07 Å². The Bertz CT molecular complexity index is 618. The van der Waals surface area contributed by atoms with Crippen molar-refractivity contribution in [1.29, 1.82) is 0 Å². The maximum atomic E-state index is 11.6. The van der Waals surface area contributed by atoms with Crippen molar-refractivity contribution in [1.82, 2.24) is 10.2 Å². The van der Waals surface area contributed by atoms with Gasteiger partial charge in [0.15, 0.2) is 0 Å². The van der Waals surface area contributed by atoms with Crippen molar-refractivity contribution in [3.63, 3.8) is 0 Å². The number of aromatic amines is 2. The van der Waals surface area contributed by atoms with E-state index >= 15 is 0 Å². The molecule has 5 nitrogen and oxygen atoms in total. The number of anilines is 1. The maximum absolute atomic E-state index is 11.6. The number of amides is 1. The van der Waals surface area contributed by atoms with Crippen molar-refractivity contribution in [2.75, 3.05) is 5.32 Å². The topological polar surface area (TPSA) is 77.8 Å². The molecule has 0 fully saturated rings. The number of benzene rings is 1. The summed E-state index contributed by atoms with van der Waals surface area (Å²) >= 11 is 11.5. The molecule has 2 rings (SSSR count). The summed E-state index contributed by atoms with van der Waals surface area (Å²) in [5.74, 6) is -0.443. The van der Waals surface area contributed by atoms with Gasteiger partial charge in [-0.15, -0.1) is 0 Å². The fourth-order valence-corrected chi connectivity index (χ4v) is 1.52. The predicted molar refractivity (Wildman–Crippen MR) is 65.8 cm³/mol. The summed E-state index contributed by atoms with van der Waals surface area (Å²) in [7, 11) is 0. The Morgan fingerprint density at radius 2 is 1.88 bits per heavy atom. The molecule has 0 unspecified atom stereocenters. The number of nitrogens with one attached hydrogen (secondary N) is 3. The van der Waals surface area contributed by atoms with Gasteiger partial charge < -0.3 is 5.32 Å². The van der Waals surface area contributed by atoms with Crippen LogP contribution in [0.1, 0.15) is 10.5 Å². The summed E-state index contributed by atoms with van der Waals surface area (Å²) in [5, 5.41) is 8.02. The summed E-state index contributed by atoms with van der Waals surface area (Å²) in [6.45, 7) is 0. The van der Waals surface area contributed by atoms with Crippen LogP contribution in [-0.4, -0.2) is 16.1 Å². The Morgan fingerprint density at radius 3 is 2.47 bits per heavy atom. The molecule has 0 radical (unpaired) electrons. The van der Waals surface area contributed by atoms with Crippen molar-refractivity contribution in [2.24, 2.45) is 0 Å². The highest BCUT2D eigenvalue weighted by atomic mass is 35.5. The molecule has 1 aromatic heterocycles. The van der Waals surface area contributed by atoms with Crippen LogP contribution in [0.3, 0.4) is 0 Å². The standard InChI is InChI=1S/C10H7Cl2N3O2/c11-6-2-1-5(3-7(6)12)13-10(17)8-4-9(16)15-14-8/h1-4H,(H,13,17)(H2,14,15,16). The second kappa shape index (κ2) is 4.65. The fourth-order valence-electron chi connectivity index (χ4n) is 1.23. The van der Waals surface area contributed by atoms with E-state index in [1.54, 1.807) is 12.1 Å². The van der Waals surface area contributed by atoms with Crippen LogP contribution in [0.2, 0.25) is 10.0 Å². The Kier molecular flexibility index (Phi) is 3.21. The molecule has 17 heavy (non-hydrogen) atoms. The molecule has 0 bridgehead atoms. The van der Waals surface area contributed by atoms with Crippen LogP contribution in [0.4, 0.5) is 5.69 Å². The number of rotatable bonds is 2. The zero-order valence-corrected chi connectivity index (χ0v) is 9.89. The first-order valence-electron chi connectivity index (χ1n) is 4.60. The zero-order valence-electron chi connectivity index (χ0n) is 8.38.